The summed E-state index contributed by atoms with van der Waals surface area (Å²) in [4.78, 5) is 24.0. The number of hydrogen-bond acceptors (Lipinski definition) is 3. The third-order valence-electron chi connectivity index (χ3n) is 3.22. The molecule has 0 aliphatic carbocycles. The van der Waals surface area contributed by atoms with Crippen molar-refractivity contribution in [2.75, 3.05) is 0 Å². The monoisotopic (exact) mass is 356 g/mol. The van der Waals surface area contributed by atoms with Crippen molar-refractivity contribution in [2.45, 2.75) is 65.1 Å². The fraction of sp³-hybridized carbons (Fsp3) is 0.556. The van der Waals surface area contributed by atoms with Gasteiger partial charge in [-0.3, -0.25) is 4.79 Å². The van der Waals surface area contributed by atoms with Crippen molar-refractivity contribution in [3.05, 3.63) is 35.4 Å². The molecule has 1 atom stereocenters. The van der Waals surface area contributed by atoms with E-state index in [1.54, 1.807) is 34.6 Å². The van der Waals surface area contributed by atoms with Crippen LogP contribution < -0.4 is 10.6 Å². The normalized spacial score (nSPS) is 13.1. The zero-order chi connectivity index (χ0) is 19.4. The van der Waals surface area contributed by atoms with Crippen molar-refractivity contribution < 1.29 is 23.1 Å². The third kappa shape index (κ3) is 7.49. The van der Waals surface area contributed by atoms with Gasteiger partial charge in [0.1, 0.15) is 11.6 Å². The number of nitrogens with one attached hydrogen (secondary N) is 2. The zero-order valence-electron chi connectivity index (χ0n) is 15.5. The molecule has 0 aromatic heterocycles. The molecule has 0 heterocycles. The van der Waals surface area contributed by atoms with Crippen molar-refractivity contribution >= 4 is 12.0 Å². The van der Waals surface area contributed by atoms with Crippen LogP contribution in [0.25, 0.3) is 0 Å². The van der Waals surface area contributed by atoms with E-state index in [4.69, 9.17) is 4.74 Å². The van der Waals surface area contributed by atoms with Gasteiger partial charge in [-0.05, 0) is 65.7 Å². The number of rotatable bonds is 5. The lowest BCUT2D eigenvalue weighted by Crippen LogP contribution is -2.53. The molecule has 0 spiro atoms. The van der Waals surface area contributed by atoms with E-state index in [0.717, 1.165) is 12.1 Å². The van der Waals surface area contributed by atoms with E-state index in [0.29, 0.717) is 12.0 Å². The Bertz CT molecular complexity index is 640. The average molecular weight is 356 g/mol. The van der Waals surface area contributed by atoms with E-state index in [-0.39, 0.29) is 0 Å². The van der Waals surface area contributed by atoms with Crippen LogP contribution >= 0.6 is 0 Å². The molecule has 0 aliphatic heterocycles. The summed E-state index contributed by atoms with van der Waals surface area (Å²) in [6.45, 7) is 10.2. The summed E-state index contributed by atoms with van der Waals surface area (Å²) < 4.78 is 31.4. The highest BCUT2D eigenvalue weighted by Gasteiger charge is 2.26. The van der Waals surface area contributed by atoms with Gasteiger partial charge in [-0.1, -0.05) is 6.07 Å². The maximum atomic E-state index is 13.3. The number of benzene rings is 1. The number of hydrogen-bond donors (Lipinski definition) is 2. The standard InChI is InChI=1S/C18H26F2N2O3/c1-11(21-16(24)25-17(2,3)4)15(23)22-18(5,6)10-12-7-8-13(19)14(20)9-12/h7-9,11H,10H2,1-6H3,(H,21,24)(H,22,23). The average Bonchev–Trinajstić information content (AvgIpc) is 2.39. The predicted molar refractivity (Wildman–Crippen MR) is 91.1 cm³/mol. The van der Waals surface area contributed by atoms with E-state index in [2.05, 4.69) is 10.6 Å². The number of carbonyl (C=O) groups is 2. The quantitative estimate of drug-likeness (QED) is 0.850. The second kappa shape index (κ2) is 7.80. The minimum Gasteiger partial charge on any atom is -0.444 e. The van der Waals surface area contributed by atoms with Gasteiger partial charge in [-0.15, -0.1) is 0 Å². The molecule has 140 valence electrons. The smallest absolute Gasteiger partial charge is 0.408 e. The van der Waals surface area contributed by atoms with Crippen LogP contribution in [0.4, 0.5) is 13.6 Å². The largest absolute Gasteiger partial charge is 0.444 e. The Morgan fingerprint density at radius 2 is 1.72 bits per heavy atom. The van der Waals surface area contributed by atoms with Gasteiger partial charge in [0.2, 0.25) is 5.91 Å². The van der Waals surface area contributed by atoms with Gasteiger partial charge in [0.15, 0.2) is 11.6 Å². The molecule has 0 saturated carbocycles. The van der Waals surface area contributed by atoms with E-state index in [9.17, 15) is 18.4 Å². The first-order valence-corrected chi connectivity index (χ1v) is 8.04. The minimum absolute atomic E-state index is 0.301. The summed E-state index contributed by atoms with van der Waals surface area (Å²) in [7, 11) is 0. The highest BCUT2D eigenvalue weighted by Crippen LogP contribution is 2.16. The molecule has 25 heavy (non-hydrogen) atoms. The first kappa shape index (κ1) is 20.9. The van der Waals surface area contributed by atoms with E-state index in [1.807, 2.05) is 0 Å². The van der Waals surface area contributed by atoms with Crippen molar-refractivity contribution in [1.82, 2.24) is 10.6 Å². The number of ether oxygens (including phenoxy) is 1. The second-order valence-electron chi connectivity index (χ2n) is 7.67. The summed E-state index contributed by atoms with van der Waals surface area (Å²) in [5.74, 6) is -2.25. The lowest BCUT2D eigenvalue weighted by atomic mass is 9.94. The van der Waals surface area contributed by atoms with Crippen LogP contribution in [-0.4, -0.2) is 29.2 Å². The molecule has 1 aromatic rings. The van der Waals surface area contributed by atoms with Crippen LogP contribution in [-0.2, 0) is 16.0 Å². The molecular formula is C18H26F2N2O3. The Labute approximate surface area is 147 Å². The Kier molecular flexibility index (Phi) is 6.51. The van der Waals surface area contributed by atoms with Gasteiger partial charge in [0, 0.05) is 5.54 Å². The minimum atomic E-state index is -0.931. The van der Waals surface area contributed by atoms with Crippen molar-refractivity contribution in [3.63, 3.8) is 0 Å². The molecule has 5 nitrogen and oxygen atoms in total. The second-order valence-corrected chi connectivity index (χ2v) is 7.67. The Morgan fingerprint density at radius 3 is 2.24 bits per heavy atom. The van der Waals surface area contributed by atoms with Gasteiger partial charge in [0.25, 0.3) is 0 Å². The molecule has 0 radical (unpaired) electrons. The van der Waals surface area contributed by atoms with E-state index < -0.39 is 40.8 Å². The first-order valence-electron chi connectivity index (χ1n) is 8.04. The molecule has 1 aromatic carbocycles. The molecule has 0 bridgehead atoms. The Balaban J connectivity index is 2.63. The summed E-state index contributed by atoms with van der Waals surface area (Å²) in [6, 6.07) is 2.81. The first-order chi connectivity index (χ1) is 11.3. The van der Waals surface area contributed by atoms with E-state index >= 15 is 0 Å². The summed E-state index contributed by atoms with van der Waals surface area (Å²) in [5, 5.41) is 5.24. The number of alkyl carbamates (subject to hydrolysis) is 1. The topological polar surface area (TPSA) is 67.4 Å². The van der Waals surface area contributed by atoms with Gasteiger partial charge in [-0.2, -0.15) is 0 Å². The third-order valence-corrected chi connectivity index (χ3v) is 3.22. The SMILES string of the molecule is CC(NC(=O)OC(C)(C)C)C(=O)NC(C)(C)Cc1ccc(F)c(F)c1. The van der Waals surface area contributed by atoms with E-state index in [1.165, 1.54) is 13.0 Å². The molecule has 7 heteroatoms. The Hall–Kier alpha value is -2.18. The van der Waals surface area contributed by atoms with Crippen LogP contribution in [0.1, 0.15) is 47.1 Å². The fourth-order valence-electron chi connectivity index (χ4n) is 2.20. The summed E-state index contributed by atoms with van der Waals surface area (Å²) >= 11 is 0. The van der Waals surface area contributed by atoms with Crippen LogP contribution in [0.15, 0.2) is 18.2 Å². The van der Waals surface area contributed by atoms with Crippen LogP contribution in [0, 0.1) is 11.6 Å². The zero-order valence-corrected chi connectivity index (χ0v) is 15.5. The molecule has 2 N–H and O–H groups in total. The molecular weight excluding hydrogens is 330 g/mol. The molecule has 0 saturated heterocycles. The molecule has 0 fully saturated rings. The lowest BCUT2D eigenvalue weighted by molar-refractivity contribution is -0.124. The predicted octanol–water partition coefficient (Wildman–Crippen LogP) is 3.32. The highest BCUT2D eigenvalue weighted by atomic mass is 19.2. The molecule has 1 rings (SSSR count). The molecule has 2 amide bonds. The van der Waals surface area contributed by atoms with Crippen molar-refractivity contribution in [1.29, 1.82) is 0 Å². The van der Waals surface area contributed by atoms with Crippen LogP contribution in [0.3, 0.4) is 0 Å². The highest BCUT2D eigenvalue weighted by molar-refractivity contribution is 5.85. The number of carbonyl (C=O) groups excluding carboxylic acids is 2. The van der Waals surface area contributed by atoms with Gasteiger partial charge in [0.05, 0.1) is 0 Å². The number of halogens is 2. The van der Waals surface area contributed by atoms with Gasteiger partial charge >= 0.3 is 6.09 Å². The molecule has 1 unspecified atom stereocenters. The maximum absolute atomic E-state index is 13.3. The van der Waals surface area contributed by atoms with Crippen molar-refractivity contribution in [2.24, 2.45) is 0 Å². The van der Waals surface area contributed by atoms with Gasteiger partial charge in [-0.25, -0.2) is 13.6 Å². The summed E-state index contributed by atoms with van der Waals surface area (Å²) in [5.41, 5.74) is -0.825. The van der Waals surface area contributed by atoms with Crippen LogP contribution in [0.5, 0.6) is 0 Å². The summed E-state index contributed by atoms with van der Waals surface area (Å²) in [6.07, 6.45) is -0.386. The number of amides is 2. The molecule has 0 aliphatic rings. The van der Waals surface area contributed by atoms with Crippen LogP contribution in [0.2, 0.25) is 0 Å². The fourth-order valence-corrected chi connectivity index (χ4v) is 2.20. The van der Waals surface area contributed by atoms with Gasteiger partial charge < -0.3 is 15.4 Å². The lowest BCUT2D eigenvalue weighted by Gasteiger charge is -2.29. The maximum Gasteiger partial charge on any atom is 0.408 e. The van der Waals surface area contributed by atoms with Crippen molar-refractivity contribution in [3.8, 4) is 0 Å². The Morgan fingerprint density at radius 1 is 1.12 bits per heavy atom.